The van der Waals surface area contributed by atoms with E-state index in [1.807, 2.05) is 48.5 Å². The molecule has 0 saturated carbocycles. The molecule has 1 aromatic heterocycles. The third kappa shape index (κ3) is 6.32. The molecule has 2 heterocycles. The van der Waals surface area contributed by atoms with Crippen molar-refractivity contribution in [3.8, 4) is 17.6 Å². The zero-order valence-electron chi connectivity index (χ0n) is 23.4. The molecule has 5 rings (SSSR count). The smallest absolute Gasteiger partial charge is 0.338 e. The molecule has 0 fully saturated rings. The van der Waals surface area contributed by atoms with Crippen molar-refractivity contribution in [2.45, 2.75) is 26.5 Å². The monoisotopic (exact) mass is 769 g/mol. The summed E-state index contributed by atoms with van der Waals surface area (Å²) in [6.07, 6.45) is 1.78. The molecule has 3 aromatic carbocycles. The molecule has 43 heavy (non-hydrogen) atoms. The summed E-state index contributed by atoms with van der Waals surface area (Å²) in [6.45, 7) is 3.91. The first-order valence-corrected chi connectivity index (χ1v) is 15.9. The highest BCUT2D eigenvalue weighted by molar-refractivity contribution is 14.1. The number of fused-ring (bicyclic) bond motifs is 1. The number of nitriles is 1. The predicted octanol–water partition coefficient (Wildman–Crippen LogP) is 5.62. The van der Waals surface area contributed by atoms with Crippen molar-refractivity contribution in [1.82, 2.24) is 4.57 Å². The Morgan fingerprint density at radius 3 is 2.65 bits per heavy atom. The Morgan fingerprint density at radius 2 is 1.95 bits per heavy atom. The Kier molecular flexibility index (Phi) is 9.49. The number of hydrogen-bond acceptors (Lipinski definition) is 8. The molecule has 1 aliphatic rings. The molecule has 11 heteroatoms. The van der Waals surface area contributed by atoms with Gasteiger partial charge in [0.1, 0.15) is 6.61 Å². The van der Waals surface area contributed by atoms with Crippen molar-refractivity contribution in [2.24, 2.45) is 4.99 Å². The molecule has 0 bridgehead atoms. The molecule has 4 aromatic rings. The van der Waals surface area contributed by atoms with Crippen molar-refractivity contribution in [1.29, 1.82) is 5.26 Å². The second-order valence-corrected chi connectivity index (χ2v) is 12.5. The maximum Gasteiger partial charge on any atom is 0.338 e. The van der Waals surface area contributed by atoms with Gasteiger partial charge in [-0.15, -0.1) is 0 Å². The molecule has 0 aliphatic carbocycles. The SMILES string of the molecule is CCOC(=O)C1=C(C)N=c2s/c(=C\c3cc(I)c(OCc4ccccc4C#N)c(OC)c3)c(=O)n2[C@H]1c1ccc(Br)cc1. The van der Waals surface area contributed by atoms with Crippen LogP contribution >= 0.6 is 49.9 Å². The van der Waals surface area contributed by atoms with E-state index in [9.17, 15) is 14.9 Å². The number of allylic oxidation sites excluding steroid dienone is 1. The van der Waals surface area contributed by atoms with Crippen LogP contribution in [-0.4, -0.2) is 24.3 Å². The molecular weight excluding hydrogens is 745 g/mol. The van der Waals surface area contributed by atoms with Crippen LogP contribution in [0.2, 0.25) is 0 Å². The number of aromatic nitrogens is 1. The molecule has 0 amide bonds. The minimum atomic E-state index is -0.688. The van der Waals surface area contributed by atoms with Gasteiger partial charge in [0.25, 0.3) is 5.56 Å². The van der Waals surface area contributed by atoms with Crippen LogP contribution in [0.25, 0.3) is 6.08 Å². The van der Waals surface area contributed by atoms with Crippen molar-refractivity contribution in [3.05, 3.63) is 122 Å². The van der Waals surface area contributed by atoms with Gasteiger partial charge in [-0.2, -0.15) is 5.26 Å². The van der Waals surface area contributed by atoms with Crippen LogP contribution in [0.3, 0.4) is 0 Å². The first-order chi connectivity index (χ1) is 20.7. The Bertz CT molecular complexity index is 1980. The van der Waals surface area contributed by atoms with Crippen molar-refractivity contribution < 1.29 is 19.0 Å². The number of nitrogens with zero attached hydrogens (tertiary/aromatic N) is 3. The highest BCUT2D eigenvalue weighted by Gasteiger charge is 2.33. The van der Waals surface area contributed by atoms with Gasteiger partial charge >= 0.3 is 5.97 Å². The van der Waals surface area contributed by atoms with Crippen molar-refractivity contribution in [3.63, 3.8) is 0 Å². The van der Waals surface area contributed by atoms with E-state index in [4.69, 9.17) is 14.2 Å². The molecular formula is C32H25BrIN3O5S. The molecule has 0 saturated heterocycles. The van der Waals surface area contributed by atoms with Crippen LogP contribution in [-0.2, 0) is 16.1 Å². The van der Waals surface area contributed by atoms with Crippen LogP contribution < -0.4 is 24.4 Å². The van der Waals surface area contributed by atoms with Crippen LogP contribution in [0.1, 0.15) is 42.1 Å². The molecule has 0 N–H and O–H groups in total. The van der Waals surface area contributed by atoms with E-state index < -0.39 is 12.0 Å². The van der Waals surface area contributed by atoms with Crippen LogP contribution in [0.15, 0.2) is 86.2 Å². The van der Waals surface area contributed by atoms with Gasteiger partial charge in [-0.25, -0.2) is 9.79 Å². The number of thiazole rings is 1. The topological polar surface area (TPSA) is 103 Å². The maximum absolute atomic E-state index is 13.9. The van der Waals surface area contributed by atoms with Gasteiger partial charge in [0.15, 0.2) is 16.3 Å². The van der Waals surface area contributed by atoms with Gasteiger partial charge in [-0.1, -0.05) is 57.6 Å². The number of rotatable bonds is 8. The number of halogens is 2. The molecule has 1 atom stereocenters. The quantitative estimate of drug-likeness (QED) is 0.170. The van der Waals surface area contributed by atoms with E-state index in [-0.39, 0.29) is 18.8 Å². The number of carbonyl (C=O) groups excluding carboxylic acids is 1. The third-order valence-electron chi connectivity index (χ3n) is 6.76. The van der Waals surface area contributed by atoms with E-state index in [0.29, 0.717) is 37.7 Å². The largest absolute Gasteiger partial charge is 0.493 e. The van der Waals surface area contributed by atoms with Crippen molar-refractivity contribution in [2.75, 3.05) is 13.7 Å². The van der Waals surface area contributed by atoms with E-state index >= 15 is 0 Å². The van der Waals surface area contributed by atoms with Crippen LogP contribution in [0, 0.1) is 14.9 Å². The molecule has 0 unspecified atom stereocenters. The zero-order chi connectivity index (χ0) is 30.7. The fourth-order valence-electron chi connectivity index (χ4n) is 4.77. The second-order valence-electron chi connectivity index (χ2n) is 9.45. The summed E-state index contributed by atoms with van der Waals surface area (Å²) in [6, 6.07) is 20.0. The highest BCUT2D eigenvalue weighted by Crippen LogP contribution is 2.35. The molecule has 0 spiro atoms. The lowest BCUT2D eigenvalue weighted by atomic mass is 9.96. The van der Waals surface area contributed by atoms with E-state index in [2.05, 4.69) is 49.6 Å². The van der Waals surface area contributed by atoms with E-state index in [1.165, 1.54) is 11.3 Å². The number of esters is 1. The molecule has 0 radical (unpaired) electrons. The van der Waals surface area contributed by atoms with E-state index in [0.717, 1.165) is 24.7 Å². The summed E-state index contributed by atoms with van der Waals surface area (Å²) in [5.74, 6) is 0.533. The Labute approximate surface area is 273 Å². The fourth-order valence-corrected chi connectivity index (χ4v) is 6.86. The van der Waals surface area contributed by atoms with Crippen LogP contribution in [0.5, 0.6) is 11.5 Å². The number of methoxy groups -OCH3 is 1. The van der Waals surface area contributed by atoms with E-state index in [1.54, 1.807) is 43.7 Å². The van der Waals surface area contributed by atoms with Gasteiger partial charge < -0.3 is 14.2 Å². The summed E-state index contributed by atoms with van der Waals surface area (Å²) in [7, 11) is 1.55. The number of carbonyl (C=O) groups is 1. The average Bonchev–Trinajstić information content (AvgIpc) is 3.30. The number of hydrogen-bond donors (Lipinski definition) is 0. The normalized spacial score (nSPS) is 14.5. The minimum Gasteiger partial charge on any atom is -0.493 e. The lowest BCUT2D eigenvalue weighted by Crippen LogP contribution is -2.39. The zero-order valence-corrected chi connectivity index (χ0v) is 27.9. The second kappa shape index (κ2) is 13.3. The average molecular weight is 770 g/mol. The van der Waals surface area contributed by atoms with Gasteiger partial charge in [-0.05, 0) is 84.0 Å². The lowest BCUT2D eigenvalue weighted by Gasteiger charge is -2.24. The maximum atomic E-state index is 13.9. The summed E-state index contributed by atoms with van der Waals surface area (Å²) in [5.41, 5.74) is 3.39. The Hall–Kier alpha value is -3.73. The van der Waals surface area contributed by atoms with Gasteiger partial charge in [-0.3, -0.25) is 9.36 Å². The van der Waals surface area contributed by atoms with Gasteiger partial charge in [0.2, 0.25) is 0 Å². The summed E-state index contributed by atoms with van der Waals surface area (Å²) in [4.78, 5) is 32.2. The van der Waals surface area contributed by atoms with Crippen LogP contribution in [0.4, 0.5) is 0 Å². The lowest BCUT2D eigenvalue weighted by molar-refractivity contribution is -0.139. The Balaban J connectivity index is 1.57. The summed E-state index contributed by atoms with van der Waals surface area (Å²) in [5, 5.41) is 9.41. The van der Waals surface area contributed by atoms with Gasteiger partial charge in [0.05, 0.1) is 50.8 Å². The summed E-state index contributed by atoms with van der Waals surface area (Å²) >= 11 is 6.88. The molecule has 1 aliphatic heterocycles. The Morgan fingerprint density at radius 1 is 1.21 bits per heavy atom. The molecule has 218 valence electrons. The van der Waals surface area contributed by atoms with Gasteiger partial charge in [0, 0.05) is 10.0 Å². The first kappa shape index (κ1) is 30.7. The fraction of sp³-hybridized carbons (Fsp3) is 0.188. The minimum absolute atomic E-state index is 0.201. The first-order valence-electron chi connectivity index (χ1n) is 13.2. The third-order valence-corrected chi connectivity index (χ3v) is 9.08. The number of ether oxygens (including phenoxy) is 3. The number of benzene rings is 3. The van der Waals surface area contributed by atoms with Crippen molar-refractivity contribution >= 4 is 61.9 Å². The predicted molar refractivity (Wildman–Crippen MR) is 176 cm³/mol. The summed E-state index contributed by atoms with van der Waals surface area (Å²) < 4.78 is 20.8. The standard InChI is InChI=1S/C32H25BrIN3O5S/c1-4-41-31(39)27-18(2)36-32-37(28(27)20-9-11-23(33)12-10-20)30(38)26(43-32)15-19-13-24(34)29(25(14-19)40-3)42-17-22-8-6-5-7-21(22)16-35/h5-15,28H,4,17H2,1-3H3/b26-15-/t28-/m0/s1. The highest BCUT2D eigenvalue weighted by atomic mass is 127. The molecule has 8 nitrogen and oxygen atoms in total.